The average Bonchev–Trinajstić information content (AvgIpc) is 2.78. The van der Waals surface area contributed by atoms with Crippen LogP contribution in [-0.4, -0.2) is 20.7 Å². The maximum absolute atomic E-state index is 11.7. The van der Waals surface area contributed by atoms with Crippen molar-refractivity contribution < 1.29 is 8.42 Å². The van der Waals surface area contributed by atoms with Gasteiger partial charge in [0.2, 0.25) is 10.0 Å². The predicted molar refractivity (Wildman–Crippen MR) is 74.0 cm³/mol. The summed E-state index contributed by atoms with van der Waals surface area (Å²) >= 11 is 1.66. The molecule has 0 saturated heterocycles. The fraction of sp³-hybridized carbons (Fsp3) is 0.667. The molecule has 1 N–H and O–H groups in total. The van der Waals surface area contributed by atoms with E-state index in [1.165, 1.54) is 4.88 Å². The zero-order valence-electron chi connectivity index (χ0n) is 10.7. The number of hydrogen-bond donors (Lipinski definition) is 1. The van der Waals surface area contributed by atoms with E-state index in [9.17, 15) is 8.42 Å². The minimum absolute atomic E-state index is 0.145. The van der Waals surface area contributed by atoms with Gasteiger partial charge in [0.05, 0.1) is 5.75 Å². The Bertz CT molecular complexity index is 421. The first kappa shape index (κ1) is 14.7. The van der Waals surface area contributed by atoms with Gasteiger partial charge in [0.25, 0.3) is 0 Å². The van der Waals surface area contributed by atoms with Crippen LogP contribution in [0.5, 0.6) is 0 Å². The summed E-state index contributed by atoms with van der Waals surface area (Å²) in [5.74, 6) is 0.226. The summed E-state index contributed by atoms with van der Waals surface area (Å²) in [4.78, 5) is 1.20. The quantitative estimate of drug-likeness (QED) is 0.831. The second-order valence-electron chi connectivity index (χ2n) is 4.85. The Balaban J connectivity index is 2.56. The van der Waals surface area contributed by atoms with E-state index < -0.39 is 10.0 Å². The molecule has 0 fully saturated rings. The summed E-state index contributed by atoms with van der Waals surface area (Å²) in [6.07, 6.45) is 1.62. The minimum atomic E-state index is -3.11. The fourth-order valence-corrected chi connectivity index (χ4v) is 3.69. The van der Waals surface area contributed by atoms with Gasteiger partial charge in [-0.15, -0.1) is 11.3 Å². The Morgan fingerprint density at radius 2 is 2.12 bits per heavy atom. The number of unbranched alkanes of at least 4 members (excludes halogenated alkanes) is 1. The molecule has 0 unspecified atom stereocenters. The van der Waals surface area contributed by atoms with Crippen LogP contribution in [-0.2, 0) is 15.4 Å². The molecule has 0 aromatic carbocycles. The molecule has 0 aliphatic carbocycles. The molecule has 1 aromatic rings. The molecule has 0 amide bonds. The first-order valence-electron chi connectivity index (χ1n) is 5.89. The summed E-state index contributed by atoms with van der Waals surface area (Å²) in [5.41, 5.74) is -0.145. The molecule has 0 aliphatic rings. The highest BCUT2D eigenvalue weighted by atomic mass is 32.2. The number of nitrogens with one attached hydrogen (secondary N) is 1. The second-order valence-corrected chi connectivity index (χ2v) is 7.73. The standard InChI is InChI=1S/C12H21NO2S2/c1-4-5-9-17(14,15)13-10-12(2,3)11-7-6-8-16-11/h6-8,13H,4-5,9-10H2,1-3H3. The largest absolute Gasteiger partial charge is 0.214 e. The van der Waals surface area contributed by atoms with E-state index in [0.29, 0.717) is 6.54 Å². The Morgan fingerprint density at radius 3 is 2.65 bits per heavy atom. The number of thiophene rings is 1. The van der Waals surface area contributed by atoms with Crippen molar-refractivity contribution in [3.05, 3.63) is 22.4 Å². The third kappa shape index (κ3) is 4.77. The van der Waals surface area contributed by atoms with Crippen molar-refractivity contribution in [2.45, 2.75) is 39.0 Å². The highest BCUT2D eigenvalue weighted by molar-refractivity contribution is 7.89. The third-order valence-corrected chi connectivity index (χ3v) is 5.33. The van der Waals surface area contributed by atoms with Gasteiger partial charge in [0.1, 0.15) is 0 Å². The zero-order chi connectivity index (χ0) is 12.9. The SMILES string of the molecule is CCCCS(=O)(=O)NCC(C)(C)c1cccs1. The Kier molecular flexibility index (Phi) is 5.16. The van der Waals surface area contributed by atoms with Crippen molar-refractivity contribution >= 4 is 21.4 Å². The first-order chi connectivity index (χ1) is 7.87. The Morgan fingerprint density at radius 1 is 1.41 bits per heavy atom. The highest BCUT2D eigenvalue weighted by Gasteiger charge is 2.23. The van der Waals surface area contributed by atoms with Gasteiger partial charge in [0.15, 0.2) is 0 Å². The van der Waals surface area contributed by atoms with E-state index in [0.717, 1.165) is 12.8 Å². The van der Waals surface area contributed by atoms with E-state index in [2.05, 4.69) is 18.6 Å². The summed E-state index contributed by atoms with van der Waals surface area (Å²) in [6.45, 7) is 6.56. The van der Waals surface area contributed by atoms with Crippen molar-refractivity contribution in [3.8, 4) is 0 Å². The molecule has 0 atom stereocenters. The fourth-order valence-electron chi connectivity index (χ4n) is 1.45. The highest BCUT2D eigenvalue weighted by Crippen LogP contribution is 2.26. The molecule has 0 saturated carbocycles. The summed E-state index contributed by atoms with van der Waals surface area (Å²) in [6, 6.07) is 4.04. The van der Waals surface area contributed by atoms with Crippen molar-refractivity contribution in [2.75, 3.05) is 12.3 Å². The zero-order valence-corrected chi connectivity index (χ0v) is 12.3. The second kappa shape index (κ2) is 5.98. The van der Waals surface area contributed by atoms with Crippen LogP contribution in [0.1, 0.15) is 38.5 Å². The van der Waals surface area contributed by atoms with Crippen LogP contribution >= 0.6 is 11.3 Å². The first-order valence-corrected chi connectivity index (χ1v) is 8.42. The minimum Gasteiger partial charge on any atom is -0.214 e. The smallest absolute Gasteiger partial charge is 0.211 e. The molecule has 1 heterocycles. The van der Waals surface area contributed by atoms with E-state index in [-0.39, 0.29) is 11.2 Å². The van der Waals surface area contributed by atoms with Crippen LogP contribution in [0.15, 0.2) is 17.5 Å². The molecular formula is C12H21NO2S2. The molecule has 0 bridgehead atoms. The van der Waals surface area contributed by atoms with E-state index in [4.69, 9.17) is 0 Å². The summed E-state index contributed by atoms with van der Waals surface area (Å²) in [5, 5.41) is 2.02. The van der Waals surface area contributed by atoms with E-state index in [1.807, 2.05) is 24.4 Å². The number of sulfonamides is 1. The van der Waals surface area contributed by atoms with Gasteiger partial charge in [0, 0.05) is 16.8 Å². The number of rotatable bonds is 7. The summed E-state index contributed by atoms with van der Waals surface area (Å²) in [7, 11) is -3.11. The van der Waals surface area contributed by atoms with Crippen LogP contribution in [0, 0.1) is 0 Å². The van der Waals surface area contributed by atoms with Gasteiger partial charge in [-0.1, -0.05) is 33.3 Å². The van der Waals surface area contributed by atoms with Gasteiger partial charge in [-0.3, -0.25) is 0 Å². The van der Waals surface area contributed by atoms with Crippen LogP contribution < -0.4 is 4.72 Å². The molecule has 0 aliphatic heterocycles. The lowest BCUT2D eigenvalue weighted by atomic mass is 9.92. The normalized spacial score (nSPS) is 12.9. The van der Waals surface area contributed by atoms with Gasteiger partial charge < -0.3 is 0 Å². The molecule has 3 nitrogen and oxygen atoms in total. The third-order valence-electron chi connectivity index (χ3n) is 2.69. The van der Waals surface area contributed by atoms with Crippen molar-refractivity contribution in [2.24, 2.45) is 0 Å². The van der Waals surface area contributed by atoms with Gasteiger partial charge in [-0.25, -0.2) is 13.1 Å². The van der Waals surface area contributed by atoms with Crippen LogP contribution in [0.4, 0.5) is 0 Å². The Hall–Kier alpha value is -0.390. The molecule has 17 heavy (non-hydrogen) atoms. The van der Waals surface area contributed by atoms with Gasteiger partial charge >= 0.3 is 0 Å². The number of hydrogen-bond acceptors (Lipinski definition) is 3. The lowest BCUT2D eigenvalue weighted by Crippen LogP contribution is -2.37. The van der Waals surface area contributed by atoms with Crippen molar-refractivity contribution in [1.29, 1.82) is 0 Å². The molecule has 0 spiro atoms. The maximum Gasteiger partial charge on any atom is 0.211 e. The molecular weight excluding hydrogens is 254 g/mol. The lowest BCUT2D eigenvalue weighted by Gasteiger charge is -2.23. The molecule has 0 radical (unpaired) electrons. The summed E-state index contributed by atoms with van der Waals surface area (Å²) < 4.78 is 26.1. The van der Waals surface area contributed by atoms with E-state index >= 15 is 0 Å². The average molecular weight is 275 g/mol. The van der Waals surface area contributed by atoms with Crippen molar-refractivity contribution in [1.82, 2.24) is 4.72 Å². The lowest BCUT2D eigenvalue weighted by molar-refractivity contribution is 0.508. The molecule has 1 aromatic heterocycles. The van der Waals surface area contributed by atoms with Crippen LogP contribution in [0.25, 0.3) is 0 Å². The van der Waals surface area contributed by atoms with Crippen LogP contribution in [0.3, 0.4) is 0 Å². The molecule has 98 valence electrons. The van der Waals surface area contributed by atoms with Gasteiger partial charge in [-0.05, 0) is 17.9 Å². The van der Waals surface area contributed by atoms with Gasteiger partial charge in [-0.2, -0.15) is 0 Å². The predicted octanol–water partition coefficient (Wildman–Crippen LogP) is 2.75. The Labute approximate surface area is 108 Å². The maximum atomic E-state index is 11.7. The monoisotopic (exact) mass is 275 g/mol. The molecule has 5 heteroatoms. The topological polar surface area (TPSA) is 46.2 Å². The van der Waals surface area contributed by atoms with E-state index in [1.54, 1.807) is 11.3 Å². The van der Waals surface area contributed by atoms with Crippen molar-refractivity contribution in [3.63, 3.8) is 0 Å². The van der Waals surface area contributed by atoms with Crippen LogP contribution in [0.2, 0.25) is 0 Å². The molecule has 1 rings (SSSR count).